The molecule has 0 fully saturated rings. The maximum Gasteiger partial charge on any atom is 0.247 e. The van der Waals surface area contributed by atoms with E-state index in [-0.39, 0.29) is 10.9 Å². The fourth-order valence-electron chi connectivity index (χ4n) is 1.57. The molecule has 1 heterocycles. The highest BCUT2D eigenvalue weighted by atomic mass is 32.2. The largest absolute Gasteiger partial charge is 0.247 e. The van der Waals surface area contributed by atoms with E-state index in [0.29, 0.717) is 11.4 Å². The van der Waals surface area contributed by atoms with Gasteiger partial charge in [-0.2, -0.15) is 0 Å². The Labute approximate surface area is 107 Å². The number of hydrogen-bond donors (Lipinski definition) is 0. The third kappa shape index (κ3) is 2.56. The average molecular weight is 262 g/mol. The topological polar surface area (TPSA) is 59.9 Å². The predicted octanol–water partition coefficient (Wildman–Crippen LogP) is 2.25. The minimum atomic E-state index is -3.37. The lowest BCUT2D eigenvalue weighted by molar-refractivity contribution is 0.587. The van der Waals surface area contributed by atoms with Gasteiger partial charge in [0.25, 0.3) is 0 Å². The van der Waals surface area contributed by atoms with E-state index in [1.165, 1.54) is 0 Å². The first-order chi connectivity index (χ1) is 8.53. The standard InChI is InChI=1S/C13H14N2O2S/c1-3-18(16,17)13-14-10(2)9-12(15-13)11-7-5-4-6-8-11/h4-9H,3H2,1-2H3. The fourth-order valence-corrected chi connectivity index (χ4v) is 2.35. The average Bonchev–Trinajstić information content (AvgIpc) is 2.39. The number of rotatable bonds is 3. The predicted molar refractivity (Wildman–Crippen MR) is 69.9 cm³/mol. The molecule has 1 aromatic carbocycles. The van der Waals surface area contributed by atoms with Crippen molar-refractivity contribution in [3.8, 4) is 11.3 Å². The van der Waals surface area contributed by atoms with E-state index in [9.17, 15) is 8.42 Å². The molecule has 1 aromatic heterocycles. The molecule has 0 unspecified atom stereocenters. The second kappa shape index (κ2) is 4.86. The lowest BCUT2D eigenvalue weighted by atomic mass is 10.1. The molecule has 0 radical (unpaired) electrons. The van der Waals surface area contributed by atoms with Gasteiger partial charge in [0.2, 0.25) is 15.0 Å². The number of sulfone groups is 1. The molecule has 0 atom stereocenters. The maximum absolute atomic E-state index is 11.8. The molecule has 0 amide bonds. The molecule has 0 aliphatic rings. The summed E-state index contributed by atoms with van der Waals surface area (Å²) < 4.78 is 23.6. The first-order valence-electron chi connectivity index (χ1n) is 5.67. The van der Waals surface area contributed by atoms with Crippen molar-refractivity contribution in [3.05, 3.63) is 42.1 Å². The molecule has 4 nitrogen and oxygen atoms in total. The van der Waals surface area contributed by atoms with Crippen molar-refractivity contribution in [2.24, 2.45) is 0 Å². The van der Waals surface area contributed by atoms with Crippen LogP contribution in [0.3, 0.4) is 0 Å². The van der Waals surface area contributed by atoms with E-state index in [4.69, 9.17) is 0 Å². The Morgan fingerprint density at radius 3 is 2.39 bits per heavy atom. The van der Waals surface area contributed by atoms with Gasteiger partial charge in [-0.05, 0) is 13.0 Å². The summed E-state index contributed by atoms with van der Waals surface area (Å²) in [6, 6.07) is 11.3. The molecule has 2 rings (SSSR count). The lowest BCUT2D eigenvalue weighted by Gasteiger charge is -2.05. The van der Waals surface area contributed by atoms with Gasteiger partial charge >= 0.3 is 0 Å². The smallest absolute Gasteiger partial charge is 0.224 e. The van der Waals surface area contributed by atoms with Crippen LogP contribution in [0.2, 0.25) is 0 Å². The molecular weight excluding hydrogens is 248 g/mol. The summed E-state index contributed by atoms with van der Waals surface area (Å²) in [6.45, 7) is 3.35. The first-order valence-corrected chi connectivity index (χ1v) is 7.32. The molecule has 0 saturated heterocycles. The third-order valence-electron chi connectivity index (χ3n) is 2.56. The molecular formula is C13H14N2O2S. The quantitative estimate of drug-likeness (QED) is 0.796. The van der Waals surface area contributed by atoms with E-state index >= 15 is 0 Å². The molecule has 0 aliphatic carbocycles. The van der Waals surface area contributed by atoms with E-state index < -0.39 is 9.84 Å². The van der Waals surface area contributed by atoms with Crippen molar-refractivity contribution >= 4 is 9.84 Å². The molecule has 0 bridgehead atoms. The van der Waals surface area contributed by atoms with Crippen LogP contribution in [0.25, 0.3) is 11.3 Å². The Hall–Kier alpha value is -1.75. The van der Waals surface area contributed by atoms with Gasteiger partial charge in [-0.1, -0.05) is 37.3 Å². The van der Waals surface area contributed by atoms with Crippen molar-refractivity contribution < 1.29 is 8.42 Å². The van der Waals surface area contributed by atoms with Gasteiger partial charge in [-0.3, -0.25) is 0 Å². The number of aromatic nitrogens is 2. The van der Waals surface area contributed by atoms with Gasteiger partial charge in [-0.15, -0.1) is 0 Å². The Kier molecular flexibility index (Phi) is 3.43. The zero-order chi connectivity index (χ0) is 13.2. The van der Waals surface area contributed by atoms with Crippen molar-refractivity contribution in [1.29, 1.82) is 0 Å². The first kappa shape index (κ1) is 12.7. The van der Waals surface area contributed by atoms with E-state index in [0.717, 1.165) is 5.56 Å². The molecule has 94 valence electrons. The third-order valence-corrected chi connectivity index (χ3v) is 4.06. The van der Waals surface area contributed by atoms with Crippen LogP contribution >= 0.6 is 0 Å². The molecule has 0 spiro atoms. The van der Waals surface area contributed by atoms with Gasteiger partial charge in [-0.25, -0.2) is 18.4 Å². The van der Waals surface area contributed by atoms with Crippen LogP contribution in [-0.2, 0) is 9.84 Å². The molecule has 2 aromatic rings. The van der Waals surface area contributed by atoms with E-state index in [1.54, 1.807) is 19.9 Å². The number of hydrogen-bond acceptors (Lipinski definition) is 4. The summed E-state index contributed by atoms with van der Waals surface area (Å²) in [5, 5.41) is -0.0937. The molecule has 18 heavy (non-hydrogen) atoms. The van der Waals surface area contributed by atoms with Crippen LogP contribution < -0.4 is 0 Å². The number of benzene rings is 1. The second-order valence-electron chi connectivity index (χ2n) is 3.95. The van der Waals surface area contributed by atoms with Gasteiger partial charge in [0.1, 0.15) is 0 Å². The highest BCUT2D eigenvalue weighted by Gasteiger charge is 2.17. The second-order valence-corrected chi connectivity index (χ2v) is 6.12. The SMILES string of the molecule is CCS(=O)(=O)c1nc(C)cc(-c2ccccc2)n1. The van der Waals surface area contributed by atoms with Crippen LogP contribution in [0.4, 0.5) is 0 Å². The summed E-state index contributed by atoms with van der Waals surface area (Å²) in [4.78, 5) is 8.15. The fraction of sp³-hybridized carbons (Fsp3) is 0.231. The lowest BCUT2D eigenvalue weighted by Crippen LogP contribution is -2.10. The zero-order valence-electron chi connectivity index (χ0n) is 10.3. The maximum atomic E-state index is 11.8. The zero-order valence-corrected chi connectivity index (χ0v) is 11.1. The Bertz CT molecular complexity index is 652. The van der Waals surface area contributed by atoms with Gasteiger partial charge < -0.3 is 0 Å². The van der Waals surface area contributed by atoms with E-state index in [1.807, 2.05) is 30.3 Å². The summed E-state index contributed by atoms with van der Waals surface area (Å²) in [5.41, 5.74) is 2.17. The van der Waals surface area contributed by atoms with Crippen LogP contribution in [-0.4, -0.2) is 24.1 Å². The number of nitrogens with zero attached hydrogens (tertiary/aromatic N) is 2. The molecule has 0 saturated carbocycles. The van der Waals surface area contributed by atoms with Crippen LogP contribution in [0.15, 0.2) is 41.6 Å². The highest BCUT2D eigenvalue weighted by Crippen LogP contribution is 2.19. The summed E-state index contributed by atoms with van der Waals surface area (Å²) in [5.74, 6) is 0.00465. The Morgan fingerprint density at radius 2 is 1.78 bits per heavy atom. The highest BCUT2D eigenvalue weighted by molar-refractivity contribution is 7.91. The van der Waals surface area contributed by atoms with Crippen LogP contribution in [0.1, 0.15) is 12.6 Å². The summed E-state index contributed by atoms with van der Waals surface area (Å²) in [6.07, 6.45) is 0. The molecule has 0 N–H and O–H groups in total. The van der Waals surface area contributed by atoms with Crippen molar-refractivity contribution in [2.45, 2.75) is 19.0 Å². The number of aryl methyl sites for hydroxylation is 1. The molecule has 5 heteroatoms. The van der Waals surface area contributed by atoms with Crippen molar-refractivity contribution in [3.63, 3.8) is 0 Å². The van der Waals surface area contributed by atoms with Gasteiger partial charge in [0.15, 0.2) is 0 Å². The summed E-state index contributed by atoms with van der Waals surface area (Å²) >= 11 is 0. The Balaban J connectivity index is 2.59. The van der Waals surface area contributed by atoms with Crippen molar-refractivity contribution in [1.82, 2.24) is 9.97 Å². The van der Waals surface area contributed by atoms with Crippen LogP contribution in [0, 0.1) is 6.92 Å². The van der Waals surface area contributed by atoms with Crippen molar-refractivity contribution in [2.75, 3.05) is 5.75 Å². The van der Waals surface area contributed by atoms with Crippen LogP contribution in [0.5, 0.6) is 0 Å². The minimum absolute atomic E-state index is 0.00465. The van der Waals surface area contributed by atoms with Gasteiger partial charge in [0, 0.05) is 11.3 Å². The van der Waals surface area contributed by atoms with E-state index in [2.05, 4.69) is 9.97 Å². The minimum Gasteiger partial charge on any atom is -0.224 e. The summed E-state index contributed by atoms with van der Waals surface area (Å²) in [7, 11) is -3.37. The normalized spacial score (nSPS) is 11.4. The monoisotopic (exact) mass is 262 g/mol. The molecule has 0 aliphatic heterocycles. The van der Waals surface area contributed by atoms with Gasteiger partial charge in [0.05, 0.1) is 11.4 Å². The Morgan fingerprint density at radius 1 is 1.11 bits per heavy atom.